The molecule has 0 aliphatic carbocycles. The maximum atomic E-state index is 12.3. The number of rotatable bonds is 22. The maximum absolute atomic E-state index is 12.3. The first-order valence-corrected chi connectivity index (χ1v) is 12.6. The van der Waals surface area contributed by atoms with E-state index in [1.165, 1.54) is 77.0 Å². The molecule has 0 amide bonds. The van der Waals surface area contributed by atoms with E-state index in [1.54, 1.807) is 0 Å². The van der Waals surface area contributed by atoms with Crippen LogP contribution in [0.4, 0.5) is 0 Å². The van der Waals surface area contributed by atoms with Crippen molar-refractivity contribution in [1.82, 2.24) is 0 Å². The molecule has 0 unspecified atom stereocenters. The van der Waals surface area contributed by atoms with Crippen molar-refractivity contribution in [1.29, 1.82) is 0 Å². The van der Waals surface area contributed by atoms with Crippen molar-refractivity contribution in [2.45, 2.75) is 96.8 Å². The fourth-order valence-electron chi connectivity index (χ4n) is 2.91. The van der Waals surface area contributed by atoms with Crippen molar-refractivity contribution in [2.75, 3.05) is 32.9 Å². The molecular formula is C20H45N2O4P. The van der Waals surface area contributed by atoms with Crippen LogP contribution in [0, 0.1) is 0 Å². The van der Waals surface area contributed by atoms with E-state index in [-0.39, 0.29) is 26.3 Å². The third kappa shape index (κ3) is 19.1. The minimum atomic E-state index is -3.50. The molecule has 0 aromatic heterocycles. The van der Waals surface area contributed by atoms with Gasteiger partial charge in [0, 0.05) is 13.1 Å². The highest BCUT2D eigenvalue weighted by Gasteiger charge is 2.25. The van der Waals surface area contributed by atoms with E-state index >= 15 is 0 Å². The fraction of sp³-hybridized carbons (Fsp3) is 1.00. The first-order chi connectivity index (χ1) is 13.2. The molecule has 0 spiro atoms. The molecule has 0 atom stereocenters. The van der Waals surface area contributed by atoms with Gasteiger partial charge in [-0.1, -0.05) is 90.4 Å². The van der Waals surface area contributed by atoms with E-state index in [9.17, 15) is 4.57 Å². The average Bonchev–Trinajstić information content (AvgIpc) is 2.68. The number of nitrogens with two attached hydrogens (primary N) is 2. The van der Waals surface area contributed by atoms with Crippen molar-refractivity contribution in [3.8, 4) is 0 Å². The first kappa shape index (κ1) is 27.0. The summed E-state index contributed by atoms with van der Waals surface area (Å²) in [6.07, 6.45) is 18.2. The summed E-state index contributed by atoms with van der Waals surface area (Å²) in [6, 6.07) is 0. The van der Waals surface area contributed by atoms with Gasteiger partial charge in [0.2, 0.25) is 0 Å². The zero-order valence-corrected chi connectivity index (χ0v) is 18.6. The highest BCUT2D eigenvalue weighted by atomic mass is 31.2. The molecule has 0 bridgehead atoms. The lowest BCUT2D eigenvalue weighted by molar-refractivity contribution is 0.116. The Labute approximate surface area is 167 Å². The van der Waals surface area contributed by atoms with Crippen molar-refractivity contribution in [3.05, 3.63) is 0 Å². The van der Waals surface area contributed by atoms with Crippen LogP contribution in [0.2, 0.25) is 0 Å². The van der Waals surface area contributed by atoms with E-state index in [0.717, 1.165) is 12.8 Å². The molecular weight excluding hydrogens is 363 g/mol. The van der Waals surface area contributed by atoms with Crippen LogP contribution in [-0.4, -0.2) is 32.9 Å². The summed E-state index contributed by atoms with van der Waals surface area (Å²) < 4.78 is 27.9. The summed E-state index contributed by atoms with van der Waals surface area (Å²) in [5, 5.41) is 0. The van der Waals surface area contributed by atoms with Crippen LogP contribution in [0.5, 0.6) is 0 Å². The number of unbranched alkanes of at least 4 members (excludes halogenated alkanes) is 13. The minimum absolute atomic E-state index is 0.153. The Balaban J connectivity index is 3.43. The molecule has 0 aliphatic heterocycles. The largest absolute Gasteiger partial charge is 0.474 e. The number of hydrogen-bond donors (Lipinski definition) is 2. The SMILES string of the molecule is CCCCCCCCCCCCCCCCOP(=O)(OCCN)OCCN. The van der Waals surface area contributed by atoms with Gasteiger partial charge in [0.1, 0.15) is 0 Å². The van der Waals surface area contributed by atoms with E-state index in [2.05, 4.69) is 6.92 Å². The van der Waals surface area contributed by atoms with Gasteiger partial charge in [-0.05, 0) is 6.42 Å². The highest BCUT2D eigenvalue weighted by molar-refractivity contribution is 7.48. The second-order valence-corrected chi connectivity index (χ2v) is 8.79. The Kier molecular flexibility index (Phi) is 20.8. The lowest BCUT2D eigenvalue weighted by Gasteiger charge is -2.17. The monoisotopic (exact) mass is 408 g/mol. The molecule has 0 radical (unpaired) electrons. The molecule has 0 aromatic rings. The molecule has 0 rings (SSSR count). The van der Waals surface area contributed by atoms with Crippen molar-refractivity contribution in [3.63, 3.8) is 0 Å². The maximum Gasteiger partial charge on any atom is 0.474 e. The summed E-state index contributed by atoms with van der Waals surface area (Å²) in [5.74, 6) is 0. The zero-order valence-electron chi connectivity index (χ0n) is 17.7. The molecule has 0 saturated carbocycles. The van der Waals surface area contributed by atoms with Gasteiger partial charge in [0.05, 0.1) is 19.8 Å². The Morgan fingerprint density at radius 1 is 0.556 bits per heavy atom. The van der Waals surface area contributed by atoms with Crippen molar-refractivity contribution >= 4 is 7.82 Å². The zero-order chi connectivity index (χ0) is 20.1. The van der Waals surface area contributed by atoms with Gasteiger partial charge in [0.15, 0.2) is 0 Å². The van der Waals surface area contributed by atoms with Gasteiger partial charge >= 0.3 is 7.82 Å². The molecule has 0 saturated heterocycles. The molecule has 0 aromatic carbocycles. The van der Waals surface area contributed by atoms with Gasteiger partial charge < -0.3 is 11.5 Å². The van der Waals surface area contributed by atoms with Crippen LogP contribution in [0.15, 0.2) is 0 Å². The number of phosphoric ester groups is 1. The van der Waals surface area contributed by atoms with Crippen LogP contribution in [0.1, 0.15) is 96.8 Å². The summed E-state index contributed by atoms with van der Waals surface area (Å²) in [7, 11) is -3.50. The first-order valence-electron chi connectivity index (χ1n) is 11.1. The second kappa shape index (κ2) is 20.8. The van der Waals surface area contributed by atoms with Gasteiger partial charge in [-0.15, -0.1) is 0 Å². The van der Waals surface area contributed by atoms with Crippen LogP contribution >= 0.6 is 7.82 Å². The van der Waals surface area contributed by atoms with E-state index in [0.29, 0.717) is 6.61 Å². The van der Waals surface area contributed by atoms with Crippen molar-refractivity contribution < 1.29 is 18.1 Å². The Morgan fingerprint density at radius 3 is 1.26 bits per heavy atom. The van der Waals surface area contributed by atoms with E-state index in [1.807, 2.05) is 0 Å². The summed E-state index contributed by atoms with van der Waals surface area (Å²) in [6.45, 7) is 3.50. The molecule has 4 N–H and O–H groups in total. The van der Waals surface area contributed by atoms with Crippen LogP contribution in [0.3, 0.4) is 0 Å². The number of phosphoric acid groups is 1. The Bertz CT molecular complexity index is 334. The molecule has 7 heteroatoms. The fourth-order valence-corrected chi connectivity index (χ4v) is 4.15. The normalized spacial score (nSPS) is 12.0. The van der Waals surface area contributed by atoms with Gasteiger partial charge in [0.25, 0.3) is 0 Å². The third-order valence-corrected chi connectivity index (χ3v) is 5.98. The second-order valence-electron chi connectivity index (χ2n) is 7.12. The van der Waals surface area contributed by atoms with Crippen LogP contribution in [0.25, 0.3) is 0 Å². The summed E-state index contributed by atoms with van der Waals surface area (Å²) in [4.78, 5) is 0. The molecule has 27 heavy (non-hydrogen) atoms. The summed E-state index contributed by atoms with van der Waals surface area (Å²) >= 11 is 0. The minimum Gasteiger partial charge on any atom is -0.328 e. The van der Waals surface area contributed by atoms with Gasteiger partial charge in [-0.3, -0.25) is 13.6 Å². The standard InChI is InChI=1S/C20H45N2O4P/c1-2-3-4-5-6-7-8-9-10-11-12-13-14-15-18-24-27(23,25-19-16-21)26-20-17-22/h2-22H2,1H3. The van der Waals surface area contributed by atoms with E-state index < -0.39 is 7.82 Å². The Hall–Kier alpha value is 0.0300. The lowest BCUT2D eigenvalue weighted by atomic mass is 10.0. The molecule has 164 valence electrons. The third-order valence-electron chi connectivity index (χ3n) is 4.48. The highest BCUT2D eigenvalue weighted by Crippen LogP contribution is 2.49. The van der Waals surface area contributed by atoms with Crippen LogP contribution in [-0.2, 0) is 18.1 Å². The quantitative estimate of drug-likeness (QED) is 0.180. The topological polar surface area (TPSA) is 96.8 Å². The van der Waals surface area contributed by atoms with Gasteiger partial charge in [-0.25, -0.2) is 4.57 Å². The predicted octanol–water partition coefficient (Wildman–Crippen LogP) is 5.54. The molecule has 0 aliphatic rings. The van der Waals surface area contributed by atoms with E-state index in [4.69, 9.17) is 25.0 Å². The predicted molar refractivity (Wildman–Crippen MR) is 114 cm³/mol. The smallest absolute Gasteiger partial charge is 0.328 e. The molecule has 0 fully saturated rings. The van der Waals surface area contributed by atoms with Gasteiger partial charge in [-0.2, -0.15) is 0 Å². The van der Waals surface area contributed by atoms with Crippen LogP contribution < -0.4 is 11.5 Å². The lowest BCUT2D eigenvalue weighted by Crippen LogP contribution is -2.13. The summed E-state index contributed by atoms with van der Waals surface area (Å²) in [5.41, 5.74) is 10.7. The average molecular weight is 409 g/mol. The van der Waals surface area contributed by atoms with Crippen molar-refractivity contribution in [2.24, 2.45) is 11.5 Å². The number of hydrogen-bond acceptors (Lipinski definition) is 6. The molecule has 6 nitrogen and oxygen atoms in total. The molecule has 0 heterocycles. The Morgan fingerprint density at radius 2 is 0.889 bits per heavy atom.